The van der Waals surface area contributed by atoms with Crippen LogP contribution in [-0.2, 0) is 0 Å². The Balaban J connectivity index is 2.22. The van der Waals surface area contributed by atoms with E-state index in [9.17, 15) is 0 Å². The van der Waals surface area contributed by atoms with Gasteiger partial charge in [-0.1, -0.05) is 11.6 Å². The van der Waals surface area contributed by atoms with E-state index in [0.29, 0.717) is 5.02 Å². The van der Waals surface area contributed by atoms with Crippen molar-refractivity contribution in [1.82, 2.24) is 19.7 Å². The van der Waals surface area contributed by atoms with E-state index < -0.39 is 0 Å². The Morgan fingerprint density at radius 1 is 1.21 bits per heavy atom. The lowest BCUT2D eigenvalue weighted by molar-refractivity contribution is 0.402. The largest absolute Gasteiger partial charge is 0.496 e. The molecule has 24 heavy (non-hydrogen) atoms. The maximum Gasteiger partial charge on any atom is 0.132 e. The molecule has 0 amide bonds. The van der Waals surface area contributed by atoms with Crippen molar-refractivity contribution in [2.75, 3.05) is 7.11 Å². The van der Waals surface area contributed by atoms with E-state index in [4.69, 9.17) is 16.3 Å². The third kappa shape index (κ3) is 2.87. The number of ether oxygens (including phenoxy) is 1. The van der Waals surface area contributed by atoms with Crippen LogP contribution in [0.3, 0.4) is 0 Å². The Kier molecular flexibility index (Phi) is 4.53. The van der Waals surface area contributed by atoms with E-state index in [-0.39, 0.29) is 6.04 Å². The molecule has 0 radical (unpaired) electrons. The van der Waals surface area contributed by atoms with Gasteiger partial charge in [-0.2, -0.15) is 5.10 Å². The van der Waals surface area contributed by atoms with E-state index in [1.807, 2.05) is 36.9 Å². The molecule has 0 saturated carbocycles. The molecule has 2 aromatic heterocycles. The van der Waals surface area contributed by atoms with Gasteiger partial charge >= 0.3 is 0 Å². The van der Waals surface area contributed by atoms with E-state index >= 15 is 0 Å². The molecular formula is C18H19ClN4O. The molecule has 124 valence electrons. The lowest BCUT2D eigenvalue weighted by Gasteiger charge is -2.21. The van der Waals surface area contributed by atoms with Crippen LogP contribution in [0.25, 0.3) is 11.1 Å². The fraction of sp³-hybridized carbons (Fsp3) is 0.278. The minimum atomic E-state index is -0.0184. The highest BCUT2D eigenvalue weighted by Crippen LogP contribution is 2.42. The number of hydrogen-bond donors (Lipinski definition) is 0. The lowest BCUT2D eigenvalue weighted by Crippen LogP contribution is -2.10. The first-order chi connectivity index (χ1) is 11.5. The Morgan fingerprint density at radius 2 is 1.92 bits per heavy atom. The number of benzene rings is 1. The smallest absolute Gasteiger partial charge is 0.132 e. The number of halogens is 1. The minimum absolute atomic E-state index is 0.0184. The van der Waals surface area contributed by atoms with Crippen LogP contribution < -0.4 is 4.74 Å². The van der Waals surface area contributed by atoms with Gasteiger partial charge in [0.25, 0.3) is 0 Å². The van der Waals surface area contributed by atoms with Gasteiger partial charge in [0.2, 0.25) is 0 Å². The summed E-state index contributed by atoms with van der Waals surface area (Å²) in [5.74, 6) is 0.771. The maximum absolute atomic E-state index is 6.51. The van der Waals surface area contributed by atoms with Crippen LogP contribution in [0.1, 0.15) is 29.8 Å². The monoisotopic (exact) mass is 342 g/mol. The van der Waals surface area contributed by atoms with Crippen LogP contribution in [0.2, 0.25) is 5.02 Å². The molecule has 0 bridgehead atoms. The first kappa shape index (κ1) is 16.5. The van der Waals surface area contributed by atoms with Crippen molar-refractivity contribution in [3.8, 4) is 16.9 Å². The van der Waals surface area contributed by atoms with Crippen LogP contribution >= 0.6 is 11.6 Å². The summed E-state index contributed by atoms with van der Waals surface area (Å²) < 4.78 is 7.67. The minimum Gasteiger partial charge on any atom is -0.496 e. The van der Waals surface area contributed by atoms with Gasteiger partial charge in [0.05, 0.1) is 18.8 Å². The normalized spacial score (nSPS) is 12.2. The number of nitrogens with zero attached hydrogens (tertiary/aromatic N) is 4. The van der Waals surface area contributed by atoms with Gasteiger partial charge in [-0.05, 0) is 38.5 Å². The predicted molar refractivity (Wildman–Crippen MR) is 94.5 cm³/mol. The van der Waals surface area contributed by atoms with E-state index in [1.165, 1.54) is 6.33 Å². The summed E-state index contributed by atoms with van der Waals surface area (Å²) in [5, 5.41) is 5.19. The van der Waals surface area contributed by atoms with Gasteiger partial charge in [0.15, 0.2) is 0 Å². The third-order valence-corrected chi connectivity index (χ3v) is 4.54. The number of methoxy groups -OCH3 is 1. The first-order valence-electron chi connectivity index (χ1n) is 7.67. The molecule has 0 N–H and O–H groups in total. The highest BCUT2D eigenvalue weighted by molar-refractivity contribution is 6.32. The summed E-state index contributed by atoms with van der Waals surface area (Å²) in [6, 6.07) is 3.91. The molecule has 1 unspecified atom stereocenters. The molecule has 3 rings (SSSR count). The summed E-state index contributed by atoms with van der Waals surface area (Å²) in [5.41, 5.74) is 4.66. The van der Waals surface area contributed by atoms with Gasteiger partial charge < -0.3 is 4.74 Å². The number of hydrogen-bond acceptors (Lipinski definition) is 4. The quantitative estimate of drug-likeness (QED) is 0.712. The topological polar surface area (TPSA) is 52.8 Å². The van der Waals surface area contributed by atoms with Gasteiger partial charge in [-0.25, -0.2) is 9.97 Å². The highest BCUT2D eigenvalue weighted by atomic mass is 35.5. The van der Waals surface area contributed by atoms with Crippen LogP contribution in [0, 0.1) is 13.8 Å². The zero-order chi connectivity index (χ0) is 17.3. The predicted octanol–water partition coefficient (Wildman–Crippen LogP) is 4.23. The molecule has 5 nitrogen and oxygen atoms in total. The molecule has 0 aliphatic carbocycles. The van der Waals surface area contributed by atoms with Crippen LogP contribution in [-0.4, -0.2) is 26.9 Å². The van der Waals surface area contributed by atoms with Crippen LogP contribution in [0.4, 0.5) is 0 Å². The molecule has 0 aliphatic rings. The fourth-order valence-electron chi connectivity index (χ4n) is 2.84. The standard InChI is InChI=1S/C18H19ClN4O/c1-11-5-6-23(22-11)13(3)15-7-16(19)12(2)17(18(15)24-4)14-8-20-10-21-9-14/h5-10,13H,1-4H3. The van der Waals surface area contributed by atoms with E-state index in [2.05, 4.69) is 22.0 Å². The van der Waals surface area contributed by atoms with E-state index in [1.54, 1.807) is 19.5 Å². The second kappa shape index (κ2) is 6.61. The summed E-state index contributed by atoms with van der Waals surface area (Å²) >= 11 is 6.51. The van der Waals surface area contributed by atoms with Gasteiger partial charge in [0, 0.05) is 40.3 Å². The van der Waals surface area contributed by atoms with Gasteiger partial charge in [0.1, 0.15) is 12.1 Å². The summed E-state index contributed by atoms with van der Waals surface area (Å²) in [7, 11) is 1.67. The summed E-state index contributed by atoms with van der Waals surface area (Å²) in [6.07, 6.45) is 6.99. The molecule has 2 heterocycles. The van der Waals surface area contributed by atoms with Crippen LogP contribution in [0.5, 0.6) is 5.75 Å². The van der Waals surface area contributed by atoms with Gasteiger partial charge in [-0.3, -0.25) is 4.68 Å². The third-order valence-electron chi connectivity index (χ3n) is 4.15. The first-order valence-corrected chi connectivity index (χ1v) is 8.04. The van der Waals surface area contributed by atoms with Crippen molar-refractivity contribution in [2.24, 2.45) is 0 Å². The number of aryl methyl sites for hydroxylation is 1. The molecule has 1 aromatic carbocycles. The summed E-state index contributed by atoms with van der Waals surface area (Å²) in [6.45, 7) is 6.01. The number of aromatic nitrogens is 4. The van der Waals surface area contributed by atoms with Crippen molar-refractivity contribution in [3.63, 3.8) is 0 Å². The Labute approximate surface area is 146 Å². The maximum atomic E-state index is 6.51. The second-order valence-corrected chi connectivity index (χ2v) is 6.13. The lowest BCUT2D eigenvalue weighted by atomic mass is 9.95. The fourth-order valence-corrected chi connectivity index (χ4v) is 3.05. The Hall–Kier alpha value is -2.40. The van der Waals surface area contributed by atoms with Crippen molar-refractivity contribution in [1.29, 1.82) is 0 Å². The molecule has 0 fully saturated rings. The van der Waals surface area contributed by atoms with Gasteiger partial charge in [-0.15, -0.1) is 0 Å². The summed E-state index contributed by atoms with van der Waals surface area (Å²) in [4.78, 5) is 8.23. The van der Waals surface area contributed by atoms with Crippen LogP contribution in [0.15, 0.2) is 37.1 Å². The molecule has 6 heteroatoms. The second-order valence-electron chi connectivity index (χ2n) is 5.72. The molecule has 1 atom stereocenters. The molecular weight excluding hydrogens is 324 g/mol. The SMILES string of the molecule is COc1c(C(C)n2ccc(C)n2)cc(Cl)c(C)c1-c1cncnc1. The average molecular weight is 343 g/mol. The Bertz CT molecular complexity index is 861. The molecule has 0 saturated heterocycles. The van der Waals surface area contributed by atoms with Crippen molar-refractivity contribution in [3.05, 3.63) is 58.9 Å². The molecule has 0 aliphatic heterocycles. The Morgan fingerprint density at radius 3 is 2.50 bits per heavy atom. The zero-order valence-electron chi connectivity index (χ0n) is 14.1. The molecule has 3 aromatic rings. The van der Waals surface area contributed by atoms with E-state index in [0.717, 1.165) is 33.7 Å². The highest BCUT2D eigenvalue weighted by Gasteiger charge is 2.22. The molecule has 0 spiro atoms. The average Bonchev–Trinajstić information content (AvgIpc) is 3.03. The number of rotatable bonds is 4. The van der Waals surface area contributed by atoms with Crippen molar-refractivity contribution in [2.45, 2.75) is 26.8 Å². The van der Waals surface area contributed by atoms with Crippen molar-refractivity contribution >= 4 is 11.6 Å². The zero-order valence-corrected chi connectivity index (χ0v) is 14.9. The van der Waals surface area contributed by atoms with Crippen molar-refractivity contribution < 1.29 is 4.74 Å².